The third kappa shape index (κ3) is 6.72. The van der Waals surface area contributed by atoms with E-state index in [2.05, 4.69) is 230 Å². The fourth-order valence-corrected chi connectivity index (χ4v) is 9.57. The van der Waals surface area contributed by atoms with Crippen LogP contribution in [0.25, 0.3) is 87.6 Å². The third-order valence-electron chi connectivity index (χ3n) is 12.7. The van der Waals surface area contributed by atoms with Crippen LogP contribution in [0.5, 0.6) is 0 Å². The number of nitrogens with zero attached hydrogens (tertiary/aromatic N) is 2. The van der Waals surface area contributed by atoms with Gasteiger partial charge in [0.25, 0.3) is 0 Å². The van der Waals surface area contributed by atoms with Crippen LogP contribution < -0.4 is 5.32 Å². The third-order valence-corrected chi connectivity index (χ3v) is 12.7. The number of benzene rings is 11. The standard InChI is InChI=1S/C61H41N3/c1-3-15-40(16-4-1)45-20-14-23-49(38-45)61-63-59(43-18-5-2-6-19-43)62-60(64-61)44-31-29-42(30-32-44)51-35-33-41-17-7-8-24-50(41)58(51)48-22-13-21-46(37-48)47-34-36-56-54-27-10-9-25-52(54)53-26-11-12-28-55(53)57(56)39-47/h1-39,59H,(H,62,63,64). The first-order valence-electron chi connectivity index (χ1n) is 21.9. The second-order valence-electron chi connectivity index (χ2n) is 16.5. The van der Waals surface area contributed by atoms with Crippen molar-refractivity contribution in [3.63, 3.8) is 0 Å². The Morgan fingerprint density at radius 2 is 0.812 bits per heavy atom. The summed E-state index contributed by atoms with van der Waals surface area (Å²) in [7, 11) is 0. The average molecular weight is 816 g/mol. The molecular weight excluding hydrogens is 775 g/mol. The van der Waals surface area contributed by atoms with Crippen LogP contribution in [0, 0.1) is 0 Å². The zero-order valence-corrected chi connectivity index (χ0v) is 35.0. The molecule has 0 aromatic heterocycles. The first kappa shape index (κ1) is 37.4. The van der Waals surface area contributed by atoms with Crippen LogP contribution >= 0.6 is 0 Å². The number of hydrogen-bond donors (Lipinski definition) is 1. The molecular formula is C61H41N3. The smallest absolute Gasteiger partial charge is 0.159 e. The van der Waals surface area contributed by atoms with Gasteiger partial charge in [0.15, 0.2) is 5.84 Å². The van der Waals surface area contributed by atoms with Gasteiger partial charge in [-0.1, -0.05) is 218 Å². The molecule has 11 aromatic rings. The highest BCUT2D eigenvalue weighted by Crippen LogP contribution is 2.41. The van der Waals surface area contributed by atoms with Crippen molar-refractivity contribution >= 4 is 54.8 Å². The van der Waals surface area contributed by atoms with Gasteiger partial charge in [0.2, 0.25) is 0 Å². The van der Waals surface area contributed by atoms with Gasteiger partial charge in [0, 0.05) is 11.1 Å². The van der Waals surface area contributed by atoms with Crippen molar-refractivity contribution in [1.29, 1.82) is 0 Å². The fourth-order valence-electron chi connectivity index (χ4n) is 9.57. The van der Waals surface area contributed by atoms with E-state index < -0.39 is 0 Å². The Balaban J connectivity index is 0.936. The van der Waals surface area contributed by atoms with Gasteiger partial charge in [0.1, 0.15) is 12.0 Å². The molecule has 1 atom stereocenters. The van der Waals surface area contributed by atoms with Crippen molar-refractivity contribution in [1.82, 2.24) is 5.32 Å². The zero-order chi connectivity index (χ0) is 42.4. The molecule has 3 heteroatoms. The number of aliphatic imine (C=N–C) groups is 2. The molecule has 0 amide bonds. The van der Waals surface area contributed by atoms with Crippen molar-refractivity contribution in [3.05, 3.63) is 253 Å². The van der Waals surface area contributed by atoms with Gasteiger partial charge in [-0.15, -0.1) is 0 Å². The van der Waals surface area contributed by atoms with Crippen LogP contribution in [-0.2, 0) is 0 Å². The molecule has 11 aromatic carbocycles. The minimum Gasteiger partial charge on any atom is -0.344 e. The lowest BCUT2D eigenvalue weighted by atomic mass is 9.88. The Morgan fingerprint density at radius 1 is 0.312 bits per heavy atom. The van der Waals surface area contributed by atoms with E-state index in [1.54, 1.807) is 0 Å². The fraction of sp³-hybridized carbons (Fsp3) is 0.0164. The molecule has 1 unspecified atom stereocenters. The van der Waals surface area contributed by atoms with E-state index in [-0.39, 0.29) is 6.17 Å². The van der Waals surface area contributed by atoms with Crippen LogP contribution in [0.1, 0.15) is 22.9 Å². The van der Waals surface area contributed by atoms with Crippen molar-refractivity contribution in [3.8, 4) is 44.5 Å². The first-order valence-corrected chi connectivity index (χ1v) is 21.9. The quantitative estimate of drug-likeness (QED) is 0.160. The lowest BCUT2D eigenvalue weighted by molar-refractivity contribution is 0.674. The largest absolute Gasteiger partial charge is 0.344 e. The number of hydrogen-bond acceptors (Lipinski definition) is 3. The number of fused-ring (bicyclic) bond motifs is 7. The first-order chi connectivity index (χ1) is 31.7. The Morgan fingerprint density at radius 3 is 1.53 bits per heavy atom. The van der Waals surface area contributed by atoms with E-state index in [9.17, 15) is 0 Å². The van der Waals surface area contributed by atoms with Gasteiger partial charge in [0.05, 0.1) is 0 Å². The highest BCUT2D eigenvalue weighted by atomic mass is 15.2. The predicted octanol–water partition coefficient (Wildman–Crippen LogP) is 15.5. The monoisotopic (exact) mass is 815 g/mol. The SMILES string of the molecule is c1ccc(-c2cccc(C3=NC(c4ccccc4)NC(c4ccc(-c5ccc6ccccc6c5-c5cccc(-c6ccc7c8ccccc8c8ccccc8c7c6)c5)cc4)=N3)c2)cc1. The lowest BCUT2D eigenvalue weighted by Crippen LogP contribution is -2.33. The van der Waals surface area contributed by atoms with E-state index in [1.807, 2.05) is 12.1 Å². The van der Waals surface area contributed by atoms with E-state index >= 15 is 0 Å². The van der Waals surface area contributed by atoms with Gasteiger partial charge in [-0.2, -0.15) is 0 Å². The lowest BCUT2D eigenvalue weighted by Gasteiger charge is -2.24. The summed E-state index contributed by atoms with van der Waals surface area (Å²) in [5.41, 5.74) is 12.5. The Bertz CT molecular complexity index is 3590. The maximum atomic E-state index is 5.19. The van der Waals surface area contributed by atoms with Gasteiger partial charge in [-0.05, 0) is 111 Å². The predicted molar refractivity (Wildman–Crippen MR) is 270 cm³/mol. The molecule has 0 bridgehead atoms. The molecule has 64 heavy (non-hydrogen) atoms. The Kier molecular flexibility index (Phi) is 9.23. The second kappa shape index (κ2) is 15.8. The molecule has 1 N–H and O–H groups in total. The highest BCUT2D eigenvalue weighted by molar-refractivity contribution is 6.25. The molecule has 0 aliphatic carbocycles. The van der Waals surface area contributed by atoms with Crippen LogP contribution in [-0.4, -0.2) is 11.7 Å². The van der Waals surface area contributed by atoms with E-state index in [4.69, 9.17) is 9.98 Å². The van der Waals surface area contributed by atoms with Gasteiger partial charge in [-0.3, -0.25) is 0 Å². The second-order valence-corrected chi connectivity index (χ2v) is 16.5. The number of nitrogens with one attached hydrogen (secondary N) is 1. The molecule has 1 aliphatic heterocycles. The molecule has 300 valence electrons. The summed E-state index contributed by atoms with van der Waals surface area (Å²) in [6.07, 6.45) is -0.288. The van der Waals surface area contributed by atoms with Gasteiger partial charge >= 0.3 is 0 Å². The summed E-state index contributed by atoms with van der Waals surface area (Å²) in [5, 5.41) is 13.8. The van der Waals surface area contributed by atoms with E-state index in [0.717, 1.165) is 39.2 Å². The molecule has 1 heterocycles. The van der Waals surface area contributed by atoms with E-state index in [1.165, 1.54) is 70.9 Å². The molecule has 0 radical (unpaired) electrons. The normalized spacial score (nSPS) is 13.8. The number of rotatable bonds is 7. The van der Waals surface area contributed by atoms with Crippen LogP contribution in [0.15, 0.2) is 247 Å². The average Bonchev–Trinajstić information content (AvgIpc) is 3.39. The molecule has 0 fully saturated rings. The van der Waals surface area contributed by atoms with Gasteiger partial charge in [-0.25, -0.2) is 9.98 Å². The maximum Gasteiger partial charge on any atom is 0.159 e. The van der Waals surface area contributed by atoms with Crippen molar-refractivity contribution in [2.45, 2.75) is 6.17 Å². The summed E-state index contributed by atoms with van der Waals surface area (Å²) < 4.78 is 0. The van der Waals surface area contributed by atoms with Crippen molar-refractivity contribution in [2.75, 3.05) is 0 Å². The molecule has 0 saturated heterocycles. The van der Waals surface area contributed by atoms with Crippen LogP contribution in [0.4, 0.5) is 0 Å². The molecule has 1 aliphatic rings. The van der Waals surface area contributed by atoms with Crippen molar-refractivity contribution in [2.24, 2.45) is 9.98 Å². The summed E-state index contributed by atoms with van der Waals surface area (Å²) >= 11 is 0. The summed E-state index contributed by atoms with van der Waals surface area (Å²) in [4.78, 5) is 10.3. The zero-order valence-electron chi connectivity index (χ0n) is 35.0. The Labute approximate surface area is 372 Å². The topological polar surface area (TPSA) is 36.8 Å². The number of amidine groups is 2. The minimum atomic E-state index is -0.288. The van der Waals surface area contributed by atoms with E-state index in [0.29, 0.717) is 5.84 Å². The van der Waals surface area contributed by atoms with Crippen LogP contribution in [0.2, 0.25) is 0 Å². The Hall–Kier alpha value is -8.40. The summed E-state index contributed by atoms with van der Waals surface area (Å²) in [6.45, 7) is 0. The molecule has 12 rings (SSSR count). The van der Waals surface area contributed by atoms with Crippen LogP contribution in [0.3, 0.4) is 0 Å². The summed E-state index contributed by atoms with van der Waals surface area (Å²) in [5.74, 6) is 1.49. The minimum absolute atomic E-state index is 0.288. The summed E-state index contributed by atoms with van der Waals surface area (Å²) in [6, 6.07) is 85.0. The van der Waals surface area contributed by atoms with Gasteiger partial charge < -0.3 is 5.32 Å². The molecule has 0 spiro atoms. The molecule has 0 saturated carbocycles. The maximum absolute atomic E-state index is 5.19. The van der Waals surface area contributed by atoms with Crippen molar-refractivity contribution < 1.29 is 0 Å². The molecule has 3 nitrogen and oxygen atoms in total. The highest BCUT2D eigenvalue weighted by Gasteiger charge is 2.22.